The van der Waals surface area contributed by atoms with Crippen LogP contribution in [0.4, 0.5) is 5.69 Å². The molecule has 0 aromatic heterocycles. The fraction of sp³-hybridized carbons (Fsp3) is 0.176. The molecule has 2 aromatic rings. The smallest absolute Gasteiger partial charge is 0.256 e. The number of ether oxygens (including phenoxy) is 2. The van der Waals surface area contributed by atoms with E-state index in [9.17, 15) is 9.59 Å². The van der Waals surface area contributed by atoms with Crippen molar-refractivity contribution < 1.29 is 19.1 Å². The summed E-state index contributed by atoms with van der Waals surface area (Å²) in [6.07, 6.45) is 0. The summed E-state index contributed by atoms with van der Waals surface area (Å²) in [6, 6.07) is 12.1. The topological polar surface area (TPSA) is 90.6 Å². The van der Waals surface area contributed by atoms with Crippen LogP contribution in [-0.2, 0) is 4.79 Å². The van der Waals surface area contributed by atoms with Crippen molar-refractivity contribution in [2.45, 2.75) is 4.90 Å². The number of amides is 2. The maximum Gasteiger partial charge on any atom is 0.256 e. The average Bonchev–Trinajstić information content (AvgIpc) is 2.60. The Morgan fingerprint density at radius 1 is 1.12 bits per heavy atom. The first kappa shape index (κ1) is 17.7. The van der Waals surface area contributed by atoms with Crippen LogP contribution >= 0.6 is 11.8 Å². The lowest BCUT2D eigenvalue weighted by molar-refractivity contribution is -0.115. The Bertz CT molecular complexity index is 749. The van der Waals surface area contributed by atoms with Gasteiger partial charge in [0.05, 0.1) is 31.2 Å². The van der Waals surface area contributed by atoms with E-state index in [1.54, 1.807) is 49.6 Å². The van der Waals surface area contributed by atoms with Crippen LogP contribution in [0.3, 0.4) is 0 Å². The summed E-state index contributed by atoms with van der Waals surface area (Å²) >= 11 is 1.22. The summed E-state index contributed by atoms with van der Waals surface area (Å²) in [4.78, 5) is 24.2. The van der Waals surface area contributed by atoms with Crippen LogP contribution in [0.25, 0.3) is 0 Å². The molecule has 24 heavy (non-hydrogen) atoms. The number of rotatable bonds is 7. The summed E-state index contributed by atoms with van der Waals surface area (Å²) in [6.45, 7) is 0. The fourth-order valence-corrected chi connectivity index (χ4v) is 2.81. The van der Waals surface area contributed by atoms with Crippen molar-refractivity contribution in [2.24, 2.45) is 5.73 Å². The minimum Gasteiger partial charge on any atom is -0.497 e. The number of thioether (sulfide) groups is 1. The predicted molar refractivity (Wildman–Crippen MR) is 93.9 cm³/mol. The van der Waals surface area contributed by atoms with E-state index in [1.165, 1.54) is 18.9 Å². The van der Waals surface area contributed by atoms with Gasteiger partial charge in [-0.2, -0.15) is 0 Å². The molecule has 0 aliphatic carbocycles. The molecule has 0 atom stereocenters. The van der Waals surface area contributed by atoms with Crippen molar-refractivity contribution in [1.29, 1.82) is 0 Å². The number of carbonyl (C=O) groups excluding carboxylic acids is 2. The Morgan fingerprint density at radius 2 is 1.88 bits per heavy atom. The van der Waals surface area contributed by atoms with Crippen LogP contribution in [0.1, 0.15) is 10.4 Å². The van der Waals surface area contributed by atoms with E-state index >= 15 is 0 Å². The van der Waals surface area contributed by atoms with Gasteiger partial charge >= 0.3 is 0 Å². The molecule has 0 fully saturated rings. The largest absolute Gasteiger partial charge is 0.497 e. The van der Waals surface area contributed by atoms with Crippen molar-refractivity contribution in [3.05, 3.63) is 48.0 Å². The number of nitrogens with one attached hydrogen (secondary N) is 1. The first-order valence-corrected chi connectivity index (χ1v) is 8.07. The van der Waals surface area contributed by atoms with Gasteiger partial charge in [-0.3, -0.25) is 9.59 Å². The molecule has 2 aromatic carbocycles. The minimum absolute atomic E-state index is 0.107. The lowest BCUT2D eigenvalue weighted by Crippen LogP contribution is -2.16. The zero-order chi connectivity index (χ0) is 17.5. The highest BCUT2D eigenvalue weighted by Crippen LogP contribution is 2.30. The van der Waals surface area contributed by atoms with Crippen molar-refractivity contribution in [2.75, 3.05) is 25.3 Å². The lowest BCUT2D eigenvalue weighted by Gasteiger charge is -2.13. The zero-order valence-corrected chi connectivity index (χ0v) is 14.2. The van der Waals surface area contributed by atoms with Crippen LogP contribution in [0, 0.1) is 0 Å². The average molecular weight is 346 g/mol. The minimum atomic E-state index is -0.438. The summed E-state index contributed by atoms with van der Waals surface area (Å²) < 4.78 is 10.4. The van der Waals surface area contributed by atoms with Gasteiger partial charge in [0.2, 0.25) is 5.91 Å². The Hall–Kier alpha value is -2.67. The highest BCUT2D eigenvalue weighted by Gasteiger charge is 2.14. The van der Waals surface area contributed by atoms with Crippen LogP contribution in [0.2, 0.25) is 0 Å². The van der Waals surface area contributed by atoms with Crippen LogP contribution in [-0.4, -0.2) is 31.8 Å². The highest BCUT2D eigenvalue weighted by atomic mass is 32.2. The summed E-state index contributed by atoms with van der Waals surface area (Å²) in [5.41, 5.74) is 6.15. The molecule has 3 N–H and O–H groups in total. The van der Waals surface area contributed by atoms with Crippen molar-refractivity contribution in [1.82, 2.24) is 0 Å². The molecule has 0 spiro atoms. The zero-order valence-electron chi connectivity index (χ0n) is 13.4. The number of hydrogen-bond donors (Lipinski definition) is 2. The van der Waals surface area contributed by atoms with Gasteiger partial charge in [0.15, 0.2) is 0 Å². The molecule has 7 heteroatoms. The van der Waals surface area contributed by atoms with Gasteiger partial charge in [0, 0.05) is 11.0 Å². The van der Waals surface area contributed by atoms with E-state index in [4.69, 9.17) is 15.2 Å². The molecule has 126 valence electrons. The second kappa shape index (κ2) is 8.26. The van der Waals surface area contributed by atoms with Crippen LogP contribution in [0.5, 0.6) is 11.5 Å². The van der Waals surface area contributed by atoms with Gasteiger partial charge in [0.25, 0.3) is 5.91 Å². The number of nitrogens with two attached hydrogens (primary N) is 1. The monoisotopic (exact) mass is 346 g/mol. The Balaban J connectivity index is 2.23. The summed E-state index contributed by atoms with van der Waals surface area (Å²) in [5, 5.41) is 2.81. The van der Waals surface area contributed by atoms with E-state index in [0.717, 1.165) is 0 Å². The molecule has 0 heterocycles. The van der Waals surface area contributed by atoms with Gasteiger partial charge in [-0.25, -0.2) is 0 Å². The maximum absolute atomic E-state index is 12.6. The van der Waals surface area contributed by atoms with Crippen LogP contribution < -0.4 is 20.5 Å². The third kappa shape index (κ3) is 4.42. The van der Waals surface area contributed by atoms with E-state index in [-0.39, 0.29) is 11.7 Å². The molecule has 0 aliphatic rings. The second-order valence-electron chi connectivity index (χ2n) is 4.77. The first-order valence-electron chi connectivity index (χ1n) is 7.08. The van der Waals surface area contributed by atoms with Gasteiger partial charge in [0.1, 0.15) is 11.5 Å². The normalized spacial score (nSPS) is 10.1. The molecule has 0 unspecified atom stereocenters. The molecular weight excluding hydrogens is 328 g/mol. The predicted octanol–water partition coefficient (Wildman–Crippen LogP) is 2.53. The number of anilines is 1. The summed E-state index contributed by atoms with van der Waals surface area (Å²) in [5.74, 6) is 0.487. The van der Waals surface area contributed by atoms with Crippen LogP contribution in [0.15, 0.2) is 47.4 Å². The molecule has 0 saturated heterocycles. The van der Waals surface area contributed by atoms with E-state index in [2.05, 4.69) is 5.32 Å². The standard InChI is InChI=1S/C17H18N2O4S/c1-22-11-7-8-13(14(9-11)23-2)19-17(21)12-5-3-4-6-15(12)24-10-16(18)20/h3-9H,10H2,1-2H3,(H2,18,20)(H,19,21). The lowest BCUT2D eigenvalue weighted by atomic mass is 10.2. The van der Waals surface area contributed by atoms with Gasteiger partial charge < -0.3 is 20.5 Å². The molecule has 2 amide bonds. The molecule has 0 bridgehead atoms. The number of hydrogen-bond acceptors (Lipinski definition) is 5. The number of benzene rings is 2. The Kier molecular flexibility index (Phi) is 6.08. The molecule has 0 saturated carbocycles. The van der Waals surface area contributed by atoms with Gasteiger partial charge in [-0.05, 0) is 24.3 Å². The van der Waals surface area contributed by atoms with Gasteiger partial charge in [-0.15, -0.1) is 11.8 Å². The van der Waals surface area contributed by atoms with Crippen molar-refractivity contribution in [3.63, 3.8) is 0 Å². The van der Waals surface area contributed by atoms with Crippen molar-refractivity contribution >= 4 is 29.3 Å². The van der Waals surface area contributed by atoms with Crippen molar-refractivity contribution in [3.8, 4) is 11.5 Å². The SMILES string of the molecule is COc1ccc(NC(=O)c2ccccc2SCC(N)=O)c(OC)c1. The molecule has 0 aliphatic heterocycles. The third-order valence-corrected chi connectivity index (χ3v) is 4.25. The van der Waals surface area contributed by atoms with E-state index in [0.29, 0.717) is 27.6 Å². The number of carbonyl (C=O) groups is 2. The Morgan fingerprint density at radius 3 is 2.54 bits per heavy atom. The Labute approximate surface area is 144 Å². The fourth-order valence-electron chi connectivity index (χ4n) is 2.02. The van der Waals surface area contributed by atoms with E-state index < -0.39 is 5.91 Å². The summed E-state index contributed by atoms with van der Waals surface area (Å²) in [7, 11) is 3.07. The number of methoxy groups -OCH3 is 2. The third-order valence-electron chi connectivity index (χ3n) is 3.16. The molecule has 0 radical (unpaired) electrons. The molecule has 2 rings (SSSR count). The molecular formula is C17H18N2O4S. The molecule has 6 nitrogen and oxygen atoms in total. The maximum atomic E-state index is 12.6. The highest BCUT2D eigenvalue weighted by molar-refractivity contribution is 8.00. The quantitative estimate of drug-likeness (QED) is 0.752. The first-order chi connectivity index (χ1) is 11.5. The second-order valence-corrected chi connectivity index (χ2v) is 5.79. The number of primary amides is 1. The van der Waals surface area contributed by atoms with E-state index in [1.807, 2.05) is 0 Å². The van der Waals surface area contributed by atoms with Gasteiger partial charge in [-0.1, -0.05) is 12.1 Å².